The molecular weight excluding hydrogens is 412 g/mol. The lowest BCUT2D eigenvalue weighted by Gasteiger charge is -2.18. The normalized spacial score (nSPS) is 15.7. The fraction of sp³-hybridized carbons (Fsp3) is 0.304. The van der Waals surface area contributed by atoms with Crippen molar-refractivity contribution in [1.29, 1.82) is 0 Å². The number of primary amides is 1. The Balaban J connectivity index is 1.86. The van der Waals surface area contributed by atoms with Crippen LogP contribution in [0.3, 0.4) is 0 Å². The first kappa shape index (κ1) is 21.4. The second-order valence-electron chi connectivity index (χ2n) is 7.94. The van der Waals surface area contributed by atoms with E-state index < -0.39 is 5.91 Å². The molecule has 1 atom stereocenters. The second kappa shape index (κ2) is 8.70. The van der Waals surface area contributed by atoms with E-state index in [1.165, 1.54) is 6.07 Å². The van der Waals surface area contributed by atoms with E-state index in [1.54, 1.807) is 30.5 Å². The monoisotopic (exact) mass is 436 g/mol. The summed E-state index contributed by atoms with van der Waals surface area (Å²) in [5, 5.41) is 4.08. The van der Waals surface area contributed by atoms with Crippen LogP contribution in [0.5, 0.6) is 11.6 Å². The third kappa shape index (κ3) is 4.41. The molecular formula is C23H24N4O5. The zero-order valence-corrected chi connectivity index (χ0v) is 17.8. The van der Waals surface area contributed by atoms with Crippen LogP contribution in [0, 0.1) is 0 Å². The van der Waals surface area contributed by atoms with Gasteiger partial charge in [0.1, 0.15) is 12.4 Å². The molecule has 1 aliphatic rings. The number of fused-ring (bicyclic) bond motifs is 1. The number of carbonyl (C=O) groups is 2. The number of hydrogen-bond acceptors (Lipinski definition) is 6. The van der Waals surface area contributed by atoms with Gasteiger partial charge in [-0.15, -0.1) is 0 Å². The van der Waals surface area contributed by atoms with E-state index in [2.05, 4.69) is 15.3 Å². The topological polar surface area (TPSA) is 136 Å². The molecule has 1 unspecified atom stereocenters. The molecule has 0 aliphatic carbocycles. The summed E-state index contributed by atoms with van der Waals surface area (Å²) in [5.41, 5.74) is 6.72. The predicted molar refractivity (Wildman–Crippen MR) is 119 cm³/mol. The fourth-order valence-corrected chi connectivity index (χ4v) is 3.70. The van der Waals surface area contributed by atoms with Gasteiger partial charge in [-0.2, -0.15) is 0 Å². The van der Waals surface area contributed by atoms with Gasteiger partial charge in [0, 0.05) is 29.6 Å². The number of carbonyl (C=O) groups excluding carboxylic acids is 2. The van der Waals surface area contributed by atoms with Crippen molar-refractivity contribution < 1.29 is 19.1 Å². The number of nitrogens with two attached hydrogens (primary N) is 1. The van der Waals surface area contributed by atoms with E-state index in [9.17, 15) is 14.4 Å². The van der Waals surface area contributed by atoms with Crippen LogP contribution in [0.2, 0.25) is 0 Å². The predicted octanol–water partition coefficient (Wildman–Crippen LogP) is 2.13. The summed E-state index contributed by atoms with van der Waals surface area (Å²) >= 11 is 0. The minimum Gasteiger partial charge on any atom is -0.490 e. The van der Waals surface area contributed by atoms with Crippen molar-refractivity contribution in [2.24, 2.45) is 5.73 Å². The first-order chi connectivity index (χ1) is 15.3. The van der Waals surface area contributed by atoms with Gasteiger partial charge in [0.25, 0.3) is 5.91 Å². The van der Waals surface area contributed by atoms with Gasteiger partial charge >= 0.3 is 0 Å². The molecule has 0 radical (unpaired) electrons. The van der Waals surface area contributed by atoms with Gasteiger partial charge in [0.15, 0.2) is 0 Å². The van der Waals surface area contributed by atoms with E-state index >= 15 is 0 Å². The first-order valence-electron chi connectivity index (χ1n) is 10.4. The van der Waals surface area contributed by atoms with Gasteiger partial charge in [0.2, 0.25) is 17.3 Å². The highest BCUT2D eigenvalue weighted by Gasteiger charge is 2.23. The highest BCUT2D eigenvalue weighted by molar-refractivity contribution is 6.06. The quantitative estimate of drug-likeness (QED) is 0.519. The van der Waals surface area contributed by atoms with Gasteiger partial charge < -0.3 is 25.5 Å². The number of H-pyrrole nitrogens is 1. The highest BCUT2D eigenvalue weighted by atomic mass is 16.5. The molecule has 0 spiro atoms. The molecule has 2 amide bonds. The molecule has 1 fully saturated rings. The maximum absolute atomic E-state index is 12.2. The standard InChI is InChI=1S/C23H24N4O5/c1-12(2)32-19-9-15-14(8-16(19)22(24)30)17(18-4-3-5-20(28)27-18)10-25-23(15)31-11-13-6-7-21(29)26-13/h3-5,8-10,12-13H,6-7,11H2,1-2H3,(H2,24,30)(H,26,29)(H,27,28). The smallest absolute Gasteiger partial charge is 0.252 e. The number of nitrogens with zero attached hydrogens (tertiary/aromatic N) is 1. The first-order valence-corrected chi connectivity index (χ1v) is 10.4. The lowest BCUT2D eigenvalue weighted by Crippen LogP contribution is -2.31. The summed E-state index contributed by atoms with van der Waals surface area (Å²) in [6, 6.07) is 8.00. The number of rotatable bonds is 7. The van der Waals surface area contributed by atoms with Crippen molar-refractivity contribution in [2.45, 2.75) is 38.8 Å². The van der Waals surface area contributed by atoms with E-state index in [0.717, 1.165) is 0 Å². The van der Waals surface area contributed by atoms with Crippen LogP contribution in [0.15, 0.2) is 41.3 Å². The minimum absolute atomic E-state index is 0.00137. The number of aromatic amines is 1. The Labute approximate surface area is 183 Å². The van der Waals surface area contributed by atoms with Crippen molar-refractivity contribution in [3.8, 4) is 22.9 Å². The largest absolute Gasteiger partial charge is 0.490 e. The Hall–Kier alpha value is -3.88. The van der Waals surface area contributed by atoms with Gasteiger partial charge in [-0.05, 0) is 43.9 Å². The van der Waals surface area contributed by atoms with Gasteiger partial charge in [0.05, 0.1) is 23.4 Å². The molecule has 1 aliphatic heterocycles. The zero-order chi connectivity index (χ0) is 22.8. The van der Waals surface area contributed by atoms with Gasteiger partial charge in [-0.1, -0.05) is 6.07 Å². The summed E-state index contributed by atoms with van der Waals surface area (Å²) in [5.74, 6) is 0.00819. The number of amides is 2. The number of ether oxygens (including phenoxy) is 2. The average Bonchev–Trinajstić information content (AvgIpc) is 3.16. The van der Waals surface area contributed by atoms with Gasteiger partial charge in [-0.3, -0.25) is 14.4 Å². The summed E-state index contributed by atoms with van der Waals surface area (Å²) in [6.45, 7) is 3.95. The van der Waals surface area contributed by atoms with Crippen molar-refractivity contribution in [3.63, 3.8) is 0 Å². The molecule has 0 saturated carbocycles. The molecule has 166 valence electrons. The minimum atomic E-state index is -0.636. The lowest BCUT2D eigenvalue weighted by molar-refractivity contribution is -0.119. The van der Waals surface area contributed by atoms with Crippen LogP contribution in [-0.2, 0) is 4.79 Å². The van der Waals surface area contributed by atoms with Gasteiger partial charge in [-0.25, -0.2) is 4.98 Å². The SMILES string of the molecule is CC(C)Oc1cc2c(OCC3CCC(=O)N3)ncc(-c3cccc(=O)[nH]3)c2cc1C(N)=O. The molecule has 9 nitrogen and oxygen atoms in total. The average molecular weight is 436 g/mol. The van der Waals surface area contributed by atoms with E-state index in [0.29, 0.717) is 46.5 Å². The second-order valence-corrected chi connectivity index (χ2v) is 7.94. The van der Waals surface area contributed by atoms with Crippen molar-refractivity contribution in [3.05, 3.63) is 52.4 Å². The molecule has 0 bridgehead atoms. The number of benzene rings is 1. The van der Waals surface area contributed by atoms with E-state index in [1.807, 2.05) is 13.8 Å². The molecule has 3 heterocycles. The van der Waals surface area contributed by atoms with E-state index in [-0.39, 0.29) is 35.8 Å². The number of hydrogen-bond donors (Lipinski definition) is 3. The highest BCUT2D eigenvalue weighted by Crippen LogP contribution is 2.36. The van der Waals surface area contributed by atoms with Crippen LogP contribution < -0.4 is 26.1 Å². The van der Waals surface area contributed by atoms with Crippen LogP contribution in [0.1, 0.15) is 37.0 Å². The Bertz CT molecular complexity index is 1250. The molecule has 1 aromatic carbocycles. The number of pyridine rings is 2. The molecule has 32 heavy (non-hydrogen) atoms. The van der Waals surface area contributed by atoms with Crippen molar-refractivity contribution in [2.75, 3.05) is 6.61 Å². The molecule has 4 N–H and O–H groups in total. The van der Waals surface area contributed by atoms with Crippen molar-refractivity contribution in [1.82, 2.24) is 15.3 Å². The summed E-state index contributed by atoms with van der Waals surface area (Å²) in [7, 11) is 0. The number of nitrogens with one attached hydrogen (secondary N) is 2. The molecule has 3 aromatic rings. The molecule has 4 rings (SSSR count). The van der Waals surface area contributed by atoms with E-state index in [4.69, 9.17) is 15.2 Å². The van der Waals surface area contributed by atoms with Crippen molar-refractivity contribution >= 4 is 22.6 Å². The third-order valence-corrected chi connectivity index (χ3v) is 5.14. The summed E-state index contributed by atoms with van der Waals surface area (Å²) in [6.07, 6.45) is 2.54. The van der Waals surface area contributed by atoms with Crippen LogP contribution >= 0.6 is 0 Å². The molecule has 1 saturated heterocycles. The Morgan fingerprint density at radius 1 is 1.25 bits per heavy atom. The van der Waals surface area contributed by atoms with Crippen LogP contribution in [0.4, 0.5) is 0 Å². The Morgan fingerprint density at radius 3 is 2.72 bits per heavy atom. The molecule has 9 heteroatoms. The maximum atomic E-state index is 12.2. The van der Waals surface area contributed by atoms with Crippen LogP contribution in [-0.4, -0.2) is 40.5 Å². The Kier molecular flexibility index (Phi) is 5.81. The lowest BCUT2D eigenvalue weighted by atomic mass is 10.0. The zero-order valence-electron chi connectivity index (χ0n) is 17.8. The molecule has 2 aromatic heterocycles. The number of aromatic nitrogens is 2. The summed E-state index contributed by atoms with van der Waals surface area (Å²) in [4.78, 5) is 42.7. The van der Waals surface area contributed by atoms with Crippen LogP contribution in [0.25, 0.3) is 22.0 Å². The third-order valence-electron chi connectivity index (χ3n) is 5.14. The summed E-state index contributed by atoms with van der Waals surface area (Å²) < 4.78 is 11.8. The fourth-order valence-electron chi connectivity index (χ4n) is 3.70. The Morgan fingerprint density at radius 2 is 2.06 bits per heavy atom. The maximum Gasteiger partial charge on any atom is 0.252 e.